The van der Waals surface area contributed by atoms with Crippen LogP contribution in [0.5, 0.6) is 11.5 Å². The Morgan fingerprint density at radius 2 is 1.74 bits per heavy atom. The first-order valence-corrected chi connectivity index (χ1v) is 10.9. The molecule has 2 rings (SSSR count). The van der Waals surface area contributed by atoms with Gasteiger partial charge >= 0.3 is 0 Å². The van der Waals surface area contributed by atoms with Crippen LogP contribution in [-0.4, -0.2) is 42.5 Å². The van der Waals surface area contributed by atoms with Gasteiger partial charge in [0.1, 0.15) is 0 Å². The summed E-state index contributed by atoms with van der Waals surface area (Å²) in [6.07, 6.45) is 2.75. The molecule has 0 aliphatic rings. The second-order valence-corrected chi connectivity index (χ2v) is 6.95. The highest BCUT2D eigenvalue weighted by Crippen LogP contribution is 2.28. The fourth-order valence-electron chi connectivity index (χ4n) is 3.56. The molecule has 0 atom stereocenters. The summed E-state index contributed by atoms with van der Waals surface area (Å²) < 4.78 is 13.4. The van der Waals surface area contributed by atoms with Crippen LogP contribution in [0.15, 0.2) is 23.2 Å². The molecule has 0 unspecified atom stereocenters. The van der Waals surface area contributed by atoms with Crippen LogP contribution in [0, 0.1) is 0 Å². The Hall–Kier alpha value is -1.97. The number of rotatable bonds is 11. The summed E-state index contributed by atoms with van der Waals surface area (Å²) in [5.41, 5.74) is 4.89. The Bertz CT molecular complexity index is 836. The monoisotopic (exact) mass is 543 g/mol. The van der Waals surface area contributed by atoms with E-state index in [0.717, 1.165) is 55.5 Å². The van der Waals surface area contributed by atoms with Crippen molar-refractivity contribution in [3.8, 4) is 11.5 Å². The van der Waals surface area contributed by atoms with Gasteiger partial charge in [0.15, 0.2) is 17.5 Å². The van der Waals surface area contributed by atoms with Crippen LogP contribution in [0.3, 0.4) is 0 Å². The Kier molecular flexibility index (Phi) is 12.4. The predicted octanol–water partition coefficient (Wildman–Crippen LogP) is 3.87. The number of ether oxygens (including phenoxy) is 2. The van der Waals surface area contributed by atoms with E-state index < -0.39 is 0 Å². The summed E-state index contributed by atoms with van der Waals surface area (Å²) in [5.74, 6) is 2.39. The van der Waals surface area contributed by atoms with Crippen molar-refractivity contribution >= 4 is 29.9 Å². The molecule has 0 saturated carbocycles. The summed E-state index contributed by atoms with van der Waals surface area (Å²) in [7, 11) is 3.81. The standard InChI is InChI=1S/C23H37N5O2.HI/c1-7-19-18(20(8-2)28(6)27-19)16-26-23(24-5)25-14-13-17-11-12-21(29-9-3)22(15-17)30-10-4;/h11-12,15H,7-10,13-14,16H2,1-6H3,(H2,24,25,26);1H. The van der Waals surface area contributed by atoms with Gasteiger partial charge in [0.25, 0.3) is 0 Å². The highest BCUT2D eigenvalue weighted by atomic mass is 127. The van der Waals surface area contributed by atoms with Crippen molar-refractivity contribution in [3.05, 3.63) is 40.7 Å². The van der Waals surface area contributed by atoms with E-state index in [4.69, 9.17) is 9.47 Å². The van der Waals surface area contributed by atoms with Crippen LogP contribution < -0.4 is 20.1 Å². The molecule has 0 aliphatic heterocycles. The molecule has 0 spiro atoms. The van der Waals surface area contributed by atoms with Gasteiger partial charge in [0.05, 0.1) is 18.9 Å². The topological polar surface area (TPSA) is 72.7 Å². The maximum Gasteiger partial charge on any atom is 0.191 e. The molecule has 2 N–H and O–H groups in total. The van der Waals surface area contributed by atoms with Crippen molar-refractivity contribution in [3.63, 3.8) is 0 Å². The lowest BCUT2D eigenvalue weighted by molar-refractivity contribution is 0.287. The van der Waals surface area contributed by atoms with E-state index >= 15 is 0 Å². The first kappa shape index (κ1) is 27.1. The van der Waals surface area contributed by atoms with E-state index in [0.29, 0.717) is 13.2 Å². The Morgan fingerprint density at radius 3 is 2.35 bits per heavy atom. The minimum Gasteiger partial charge on any atom is -0.490 e. The molecular formula is C23H38IN5O2. The number of aryl methyl sites for hydroxylation is 2. The number of hydrogen-bond acceptors (Lipinski definition) is 4. The number of guanidine groups is 1. The minimum atomic E-state index is 0. The van der Waals surface area contributed by atoms with Gasteiger partial charge in [-0.05, 0) is 50.8 Å². The van der Waals surface area contributed by atoms with Gasteiger partial charge in [-0.15, -0.1) is 24.0 Å². The zero-order chi connectivity index (χ0) is 21.9. The molecule has 31 heavy (non-hydrogen) atoms. The van der Waals surface area contributed by atoms with Crippen LogP contribution in [-0.2, 0) is 32.9 Å². The lowest BCUT2D eigenvalue weighted by Gasteiger charge is -2.14. The number of hydrogen-bond donors (Lipinski definition) is 2. The summed E-state index contributed by atoms with van der Waals surface area (Å²) in [5, 5.41) is 11.5. The van der Waals surface area contributed by atoms with Crippen molar-refractivity contribution < 1.29 is 9.47 Å². The van der Waals surface area contributed by atoms with Gasteiger partial charge in [-0.3, -0.25) is 9.67 Å². The highest BCUT2D eigenvalue weighted by Gasteiger charge is 2.14. The molecule has 0 saturated heterocycles. The van der Waals surface area contributed by atoms with Crippen LogP contribution in [0.1, 0.15) is 50.2 Å². The first-order chi connectivity index (χ1) is 14.6. The summed E-state index contributed by atoms with van der Waals surface area (Å²) in [4.78, 5) is 4.36. The number of aliphatic imine (C=N–C) groups is 1. The molecule has 7 nitrogen and oxygen atoms in total. The molecule has 0 fully saturated rings. The molecule has 2 aromatic rings. The molecule has 0 bridgehead atoms. The third kappa shape index (κ3) is 7.59. The van der Waals surface area contributed by atoms with Crippen LogP contribution in [0.4, 0.5) is 0 Å². The average Bonchev–Trinajstić information content (AvgIpc) is 3.06. The van der Waals surface area contributed by atoms with Crippen molar-refractivity contribution in [2.24, 2.45) is 12.0 Å². The van der Waals surface area contributed by atoms with Crippen molar-refractivity contribution in [1.29, 1.82) is 0 Å². The zero-order valence-electron chi connectivity index (χ0n) is 19.7. The molecule has 1 aromatic heterocycles. The third-order valence-corrected chi connectivity index (χ3v) is 5.00. The average molecular weight is 543 g/mol. The van der Waals surface area contributed by atoms with E-state index in [1.165, 1.54) is 16.8 Å². The third-order valence-electron chi connectivity index (χ3n) is 5.00. The SMILES string of the molecule is CCOc1ccc(CCNC(=NC)NCc2c(CC)nn(C)c2CC)cc1OCC.I. The number of aromatic nitrogens is 2. The normalized spacial score (nSPS) is 11.1. The van der Waals surface area contributed by atoms with Crippen molar-refractivity contribution in [2.45, 2.75) is 53.5 Å². The van der Waals surface area contributed by atoms with E-state index in [9.17, 15) is 0 Å². The summed E-state index contributed by atoms with van der Waals surface area (Å²) >= 11 is 0. The maximum absolute atomic E-state index is 5.72. The van der Waals surface area contributed by atoms with Gasteiger partial charge in [-0.2, -0.15) is 5.10 Å². The van der Waals surface area contributed by atoms with Crippen LogP contribution in [0.25, 0.3) is 0 Å². The molecule has 0 amide bonds. The Morgan fingerprint density at radius 1 is 1.03 bits per heavy atom. The van der Waals surface area contributed by atoms with Crippen molar-refractivity contribution in [1.82, 2.24) is 20.4 Å². The number of nitrogens with zero attached hydrogens (tertiary/aromatic N) is 3. The minimum absolute atomic E-state index is 0. The summed E-state index contributed by atoms with van der Waals surface area (Å²) in [6, 6.07) is 6.13. The lowest BCUT2D eigenvalue weighted by atomic mass is 10.1. The van der Waals surface area contributed by atoms with Gasteiger partial charge in [-0.1, -0.05) is 19.9 Å². The number of halogens is 1. The molecular weight excluding hydrogens is 505 g/mol. The molecule has 1 heterocycles. The summed E-state index contributed by atoms with van der Waals surface area (Å²) in [6.45, 7) is 11.0. The molecule has 1 aromatic carbocycles. The Labute approximate surface area is 204 Å². The zero-order valence-corrected chi connectivity index (χ0v) is 22.1. The van der Waals surface area contributed by atoms with Crippen molar-refractivity contribution in [2.75, 3.05) is 26.8 Å². The van der Waals surface area contributed by atoms with Gasteiger partial charge in [0, 0.05) is 38.4 Å². The molecule has 8 heteroatoms. The smallest absolute Gasteiger partial charge is 0.191 e. The quantitative estimate of drug-likeness (QED) is 0.256. The predicted molar refractivity (Wildman–Crippen MR) is 138 cm³/mol. The van der Waals surface area contributed by atoms with E-state index in [2.05, 4.69) is 46.7 Å². The van der Waals surface area contributed by atoms with E-state index in [1.54, 1.807) is 7.05 Å². The molecule has 174 valence electrons. The van der Waals surface area contributed by atoms with Crippen LogP contribution in [0.2, 0.25) is 0 Å². The molecule has 0 aliphatic carbocycles. The van der Waals surface area contributed by atoms with Gasteiger partial charge < -0.3 is 20.1 Å². The Balaban J connectivity index is 0.00000480. The molecule has 0 radical (unpaired) electrons. The fraction of sp³-hybridized carbons (Fsp3) is 0.565. The number of benzene rings is 1. The fourth-order valence-corrected chi connectivity index (χ4v) is 3.56. The maximum atomic E-state index is 5.72. The first-order valence-electron chi connectivity index (χ1n) is 10.9. The second kappa shape index (κ2) is 14.2. The highest BCUT2D eigenvalue weighted by molar-refractivity contribution is 14.0. The van der Waals surface area contributed by atoms with Crippen LogP contribution >= 0.6 is 24.0 Å². The largest absolute Gasteiger partial charge is 0.490 e. The van der Waals surface area contributed by atoms with Gasteiger partial charge in [-0.25, -0.2) is 0 Å². The van der Waals surface area contributed by atoms with E-state index in [-0.39, 0.29) is 24.0 Å². The lowest BCUT2D eigenvalue weighted by Crippen LogP contribution is -2.38. The van der Waals surface area contributed by atoms with Gasteiger partial charge in [0.2, 0.25) is 0 Å². The van der Waals surface area contributed by atoms with E-state index in [1.807, 2.05) is 31.6 Å². The number of nitrogens with one attached hydrogen (secondary N) is 2. The second-order valence-electron chi connectivity index (χ2n) is 6.95.